The maximum atomic E-state index is 11.1. The van der Waals surface area contributed by atoms with Gasteiger partial charge in [0.05, 0.1) is 12.4 Å². The Kier molecular flexibility index (Phi) is 2.60. The Labute approximate surface area is 79.6 Å². The molecule has 76 valence electrons. The van der Waals surface area contributed by atoms with Gasteiger partial charge in [-0.25, -0.2) is 0 Å². The van der Waals surface area contributed by atoms with Gasteiger partial charge in [-0.05, 0) is 5.92 Å². The van der Waals surface area contributed by atoms with E-state index in [-0.39, 0.29) is 11.7 Å². The number of hydrogen-bond acceptors (Lipinski definition) is 3. The Morgan fingerprint density at radius 3 is 2.23 bits per heavy atom. The van der Waals surface area contributed by atoms with Crippen molar-refractivity contribution in [1.82, 2.24) is 0 Å². The minimum atomic E-state index is -3.14. The van der Waals surface area contributed by atoms with Gasteiger partial charge in [-0.2, -0.15) is 8.42 Å². The quantitative estimate of drug-likeness (QED) is 0.608. The molecule has 1 saturated heterocycles. The Morgan fingerprint density at radius 2 is 1.69 bits per heavy atom. The smallest absolute Gasteiger partial charge is 0.267 e. The van der Waals surface area contributed by atoms with E-state index in [4.69, 9.17) is 4.18 Å². The van der Waals surface area contributed by atoms with Gasteiger partial charge in [0.25, 0.3) is 10.1 Å². The molecule has 1 aliphatic heterocycles. The molecule has 0 amide bonds. The highest BCUT2D eigenvalue weighted by atomic mass is 32.2. The van der Waals surface area contributed by atoms with Crippen LogP contribution in [0.2, 0.25) is 0 Å². The average Bonchev–Trinajstić information content (AvgIpc) is 2.48. The van der Waals surface area contributed by atoms with Crippen molar-refractivity contribution < 1.29 is 12.6 Å². The lowest BCUT2D eigenvalue weighted by atomic mass is 9.81. The van der Waals surface area contributed by atoms with E-state index in [1.54, 1.807) is 0 Å². The van der Waals surface area contributed by atoms with Crippen molar-refractivity contribution in [1.29, 1.82) is 0 Å². The molecular weight excluding hydrogens is 188 g/mol. The number of rotatable bonds is 1. The van der Waals surface area contributed by atoms with E-state index in [2.05, 4.69) is 0 Å². The zero-order valence-electron chi connectivity index (χ0n) is 7.74. The predicted octanol–water partition coefficient (Wildman–Crippen LogP) is 1.54. The first-order valence-electron chi connectivity index (χ1n) is 5.04. The molecule has 0 N–H and O–H groups in total. The van der Waals surface area contributed by atoms with Gasteiger partial charge in [0.15, 0.2) is 0 Å². The van der Waals surface area contributed by atoms with Gasteiger partial charge < -0.3 is 0 Å². The van der Waals surface area contributed by atoms with E-state index in [9.17, 15) is 8.42 Å². The zero-order chi connectivity index (χ0) is 9.31. The fourth-order valence-electron chi connectivity index (χ4n) is 2.43. The van der Waals surface area contributed by atoms with Gasteiger partial charge >= 0.3 is 0 Å². The molecule has 0 radical (unpaired) electrons. The molecule has 0 aromatic heterocycles. The minimum absolute atomic E-state index is 0.262. The highest BCUT2D eigenvalue weighted by Crippen LogP contribution is 2.33. The van der Waals surface area contributed by atoms with Crippen LogP contribution in [0.5, 0.6) is 0 Å². The topological polar surface area (TPSA) is 43.4 Å². The van der Waals surface area contributed by atoms with Crippen molar-refractivity contribution in [2.24, 2.45) is 11.8 Å². The first-order chi connectivity index (χ1) is 6.17. The Bertz CT molecular complexity index is 265. The van der Waals surface area contributed by atoms with Crippen molar-refractivity contribution in [3.63, 3.8) is 0 Å². The standard InChI is InChI=1S/C9H16O3S/c10-13(11)7-9(6-12-13)8-4-2-1-3-5-8/h8-9H,1-7H2/t9-/m0/s1. The molecule has 0 unspecified atom stereocenters. The highest BCUT2D eigenvalue weighted by Gasteiger charge is 2.34. The summed E-state index contributed by atoms with van der Waals surface area (Å²) in [5, 5.41) is 0. The summed E-state index contributed by atoms with van der Waals surface area (Å²) in [6, 6.07) is 0. The number of hydrogen-bond donors (Lipinski definition) is 0. The summed E-state index contributed by atoms with van der Waals surface area (Å²) in [4.78, 5) is 0. The van der Waals surface area contributed by atoms with Crippen molar-refractivity contribution in [3.8, 4) is 0 Å². The van der Waals surface area contributed by atoms with Crippen LogP contribution in [0.4, 0.5) is 0 Å². The second kappa shape index (κ2) is 3.58. The molecule has 13 heavy (non-hydrogen) atoms. The lowest BCUT2D eigenvalue weighted by Gasteiger charge is -2.25. The molecule has 0 spiro atoms. The third kappa shape index (κ3) is 2.23. The molecule has 2 aliphatic rings. The van der Waals surface area contributed by atoms with Crippen LogP contribution in [-0.4, -0.2) is 20.8 Å². The molecule has 0 aromatic rings. The molecule has 3 nitrogen and oxygen atoms in total. The molecule has 1 heterocycles. The summed E-state index contributed by atoms with van der Waals surface area (Å²) in [6.45, 7) is 0.438. The van der Waals surface area contributed by atoms with Crippen molar-refractivity contribution in [2.45, 2.75) is 32.1 Å². The Hall–Kier alpha value is -0.0900. The molecule has 1 saturated carbocycles. The summed E-state index contributed by atoms with van der Waals surface area (Å²) in [5.74, 6) is 1.15. The van der Waals surface area contributed by atoms with E-state index in [1.807, 2.05) is 0 Å². The third-order valence-corrected chi connectivity index (χ3v) is 4.53. The monoisotopic (exact) mass is 204 g/mol. The summed E-state index contributed by atoms with van der Waals surface area (Å²) in [5.41, 5.74) is 0. The minimum Gasteiger partial charge on any atom is -0.270 e. The molecule has 1 aliphatic carbocycles. The van der Waals surface area contributed by atoms with Crippen LogP contribution < -0.4 is 0 Å². The van der Waals surface area contributed by atoms with Gasteiger partial charge in [-0.1, -0.05) is 32.1 Å². The van der Waals surface area contributed by atoms with Crippen LogP contribution in [0.15, 0.2) is 0 Å². The predicted molar refractivity (Wildman–Crippen MR) is 49.8 cm³/mol. The van der Waals surface area contributed by atoms with Crippen molar-refractivity contribution in [2.75, 3.05) is 12.4 Å². The SMILES string of the molecule is O=S1(=O)C[C@@H](C2CCCCC2)CO1. The van der Waals surface area contributed by atoms with Crippen LogP contribution in [-0.2, 0) is 14.3 Å². The Balaban J connectivity index is 1.95. The summed E-state index contributed by atoms with van der Waals surface area (Å²) in [7, 11) is -3.14. The normalized spacial score (nSPS) is 34.9. The van der Waals surface area contributed by atoms with E-state index < -0.39 is 10.1 Å². The second-order valence-electron chi connectivity index (χ2n) is 4.17. The molecule has 0 aromatic carbocycles. The molecular formula is C9H16O3S. The third-order valence-electron chi connectivity index (χ3n) is 3.20. The van der Waals surface area contributed by atoms with Crippen LogP contribution in [0.3, 0.4) is 0 Å². The lowest BCUT2D eigenvalue weighted by Crippen LogP contribution is -2.20. The summed E-state index contributed by atoms with van der Waals surface area (Å²) >= 11 is 0. The van der Waals surface area contributed by atoms with Crippen molar-refractivity contribution in [3.05, 3.63) is 0 Å². The lowest BCUT2D eigenvalue weighted by molar-refractivity contribution is 0.214. The Morgan fingerprint density at radius 1 is 1.00 bits per heavy atom. The fourth-order valence-corrected chi connectivity index (χ4v) is 3.80. The molecule has 2 fully saturated rings. The van der Waals surface area contributed by atoms with Gasteiger partial charge in [0.2, 0.25) is 0 Å². The van der Waals surface area contributed by atoms with Gasteiger partial charge in [-0.15, -0.1) is 0 Å². The largest absolute Gasteiger partial charge is 0.270 e. The van der Waals surface area contributed by atoms with Crippen LogP contribution >= 0.6 is 0 Å². The first-order valence-corrected chi connectivity index (χ1v) is 6.62. The molecule has 4 heteroatoms. The molecule has 2 rings (SSSR count). The highest BCUT2D eigenvalue weighted by molar-refractivity contribution is 7.86. The van der Waals surface area contributed by atoms with E-state index in [0.717, 1.165) is 0 Å². The van der Waals surface area contributed by atoms with E-state index in [1.165, 1.54) is 32.1 Å². The maximum Gasteiger partial charge on any atom is 0.267 e. The summed E-state index contributed by atoms with van der Waals surface area (Å²) < 4.78 is 26.9. The first kappa shape index (κ1) is 9.46. The zero-order valence-corrected chi connectivity index (χ0v) is 8.55. The van der Waals surface area contributed by atoms with Gasteiger partial charge in [-0.3, -0.25) is 4.18 Å². The van der Waals surface area contributed by atoms with Crippen molar-refractivity contribution >= 4 is 10.1 Å². The average molecular weight is 204 g/mol. The molecule has 1 atom stereocenters. The molecule has 0 bridgehead atoms. The summed E-state index contributed by atoms with van der Waals surface area (Å²) in [6.07, 6.45) is 6.24. The van der Waals surface area contributed by atoms with Gasteiger partial charge in [0.1, 0.15) is 0 Å². The van der Waals surface area contributed by atoms with E-state index >= 15 is 0 Å². The van der Waals surface area contributed by atoms with E-state index in [0.29, 0.717) is 12.5 Å². The van der Waals surface area contributed by atoms with Gasteiger partial charge in [0, 0.05) is 5.92 Å². The maximum absolute atomic E-state index is 11.1. The van der Waals surface area contributed by atoms with Crippen LogP contribution in [0, 0.1) is 11.8 Å². The van der Waals surface area contributed by atoms with Crippen LogP contribution in [0.1, 0.15) is 32.1 Å². The van der Waals surface area contributed by atoms with Crippen LogP contribution in [0.25, 0.3) is 0 Å². The second-order valence-corrected chi connectivity index (χ2v) is 5.85. The fraction of sp³-hybridized carbons (Fsp3) is 1.00.